The summed E-state index contributed by atoms with van der Waals surface area (Å²) in [4.78, 5) is 25.2. The van der Waals surface area contributed by atoms with Gasteiger partial charge in [-0.3, -0.25) is 4.79 Å². The Balaban J connectivity index is 2.39. The van der Waals surface area contributed by atoms with Crippen LogP contribution in [0.5, 0.6) is 0 Å². The molecule has 0 radical (unpaired) electrons. The molecule has 4 nitrogen and oxygen atoms in total. The zero-order valence-electron chi connectivity index (χ0n) is 10.5. The third kappa shape index (κ3) is 2.08. The van der Waals surface area contributed by atoms with Gasteiger partial charge in [0.15, 0.2) is 0 Å². The quantitative estimate of drug-likeness (QED) is 0.850. The molecule has 2 unspecified atom stereocenters. The maximum Gasteiger partial charge on any atom is 0.328 e. The van der Waals surface area contributed by atoms with Gasteiger partial charge in [0.25, 0.3) is 0 Å². The number of halogens is 1. The molecule has 1 fully saturated rings. The molecular formula is C13H15ClN2O2. The average molecular weight is 267 g/mol. The number of nitrogens with one attached hydrogen (secondary N) is 1. The molecule has 1 aliphatic rings. The predicted molar refractivity (Wildman–Crippen MR) is 70.8 cm³/mol. The summed E-state index contributed by atoms with van der Waals surface area (Å²) in [5.41, 5.74) is 1.42. The largest absolute Gasteiger partial charge is 0.334 e. The first kappa shape index (κ1) is 12.9. The predicted octanol–water partition coefficient (Wildman–Crippen LogP) is 2.73. The van der Waals surface area contributed by atoms with Crippen LogP contribution >= 0.6 is 11.6 Å². The molecule has 0 aromatic heterocycles. The van der Waals surface area contributed by atoms with Crippen LogP contribution in [0.15, 0.2) is 18.2 Å². The van der Waals surface area contributed by atoms with Gasteiger partial charge in [-0.25, -0.2) is 9.69 Å². The van der Waals surface area contributed by atoms with E-state index in [1.54, 1.807) is 25.1 Å². The Morgan fingerprint density at radius 1 is 1.28 bits per heavy atom. The van der Waals surface area contributed by atoms with E-state index < -0.39 is 6.03 Å². The number of rotatable bonds is 1. The molecular weight excluding hydrogens is 252 g/mol. The van der Waals surface area contributed by atoms with Gasteiger partial charge >= 0.3 is 6.03 Å². The lowest BCUT2D eigenvalue weighted by Gasteiger charge is -2.34. The summed E-state index contributed by atoms with van der Waals surface area (Å²) in [7, 11) is 0. The monoisotopic (exact) mass is 266 g/mol. The molecule has 0 bridgehead atoms. The van der Waals surface area contributed by atoms with E-state index in [1.807, 2.05) is 13.8 Å². The number of carbonyl (C=O) groups excluding carboxylic acids is 2. The molecule has 18 heavy (non-hydrogen) atoms. The Bertz CT molecular complexity index is 516. The Hall–Kier alpha value is -1.55. The van der Waals surface area contributed by atoms with Crippen LogP contribution in [-0.4, -0.2) is 18.0 Å². The molecule has 1 aromatic rings. The van der Waals surface area contributed by atoms with Gasteiger partial charge in [0.1, 0.15) is 0 Å². The minimum absolute atomic E-state index is 0.151. The smallest absolute Gasteiger partial charge is 0.328 e. The van der Waals surface area contributed by atoms with Crippen LogP contribution < -0.4 is 10.2 Å². The van der Waals surface area contributed by atoms with Crippen LogP contribution in [0.1, 0.15) is 19.4 Å². The van der Waals surface area contributed by atoms with E-state index in [4.69, 9.17) is 11.6 Å². The minimum Gasteiger partial charge on any atom is -0.334 e. The molecule has 1 aliphatic heterocycles. The van der Waals surface area contributed by atoms with Crippen molar-refractivity contribution in [2.45, 2.75) is 26.8 Å². The summed E-state index contributed by atoms with van der Waals surface area (Å²) in [5.74, 6) is -0.450. The lowest BCUT2D eigenvalue weighted by atomic mass is 9.99. The normalized spacial score (nSPS) is 24.1. The molecule has 0 saturated carbocycles. The highest BCUT2D eigenvalue weighted by Gasteiger charge is 2.37. The van der Waals surface area contributed by atoms with Crippen LogP contribution in [0, 0.1) is 12.8 Å². The van der Waals surface area contributed by atoms with Crippen molar-refractivity contribution >= 4 is 29.2 Å². The minimum atomic E-state index is -0.398. The molecule has 0 spiro atoms. The second-order valence-corrected chi connectivity index (χ2v) is 5.04. The highest BCUT2D eigenvalue weighted by Crippen LogP contribution is 2.26. The summed E-state index contributed by atoms with van der Waals surface area (Å²) in [5, 5.41) is 3.31. The zero-order valence-corrected chi connectivity index (χ0v) is 11.3. The molecule has 3 amide bonds. The van der Waals surface area contributed by atoms with Gasteiger partial charge in [-0.2, -0.15) is 0 Å². The van der Waals surface area contributed by atoms with Crippen molar-refractivity contribution < 1.29 is 9.59 Å². The maximum atomic E-state index is 12.2. The number of amides is 3. The second-order valence-electron chi connectivity index (χ2n) is 4.63. The third-order valence-electron chi connectivity index (χ3n) is 3.33. The summed E-state index contributed by atoms with van der Waals surface area (Å²) in [6, 6.07) is 4.60. The molecule has 1 N–H and O–H groups in total. The van der Waals surface area contributed by atoms with E-state index in [0.29, 0.717) is 10.7 Å². The fourth-order valence-electron chi connectivity index (χ4n) is 1.87. The SMILES string of the molecule is Cc1ccc(N2C(=O)NC(C)C(C)C2=O)cc1Cl. The van der Waals surface area contributed by atoms with Crippen LogP contribution in [0.3, 0.4) is 0 Å². The third-order valence-corrected chi connectivity index (χ3v) is 3.73. The molecule has 1 saturated heterocycles. The molecule has 0 aliphatic carbocycles. The number of benzene rings is 1. The number of hydrogen-bond acceptors (Lipinski definition) is 2. The molecule has 96 valence electrons. The molecule has 2 rings (SSSR count). The number of nitrogens with zero attached hydrogens (tertiary/aromatic N) is 1. The number of urea groups is 1. The van der Waals surface area contributed by atoms with Crippen molar-refractivity contribution in [1.82, 2.24) is 5.32 Å². The molecule has 5 heteroatoms. The lowest BCUT2D eigenvalue weighted by molar-refractivity contribution is -0.122. The Kier molecular flexibility index (Phi) is 3.30. The summed E-state index contributed by atoms with van der Waals surface area (Å²) >= 11 is 6.02. The van der Waals surface area contributed by atoms with Crippen LogP contribution in [0.25, 0.3) is 0 Å². The fraction of sp³-hybridized carbons (Fsp3) is 0.385. The number of anilines is 1. The van der Waals surface area contributed by atoms with Gasteiger partial charge in [-0.05, 0) is 31.5 Å². The summed E-state index contributed by atoms with van der Waals surface area (Å²) < 4.78 is 0. The van der Waals surface area contributed by atoms with Gasteiger partial charge in [0.05, 0.1) is 11.6 Å². The molecule has 1 aromatic carbocycles. The van der Waals surface area contributed by atoms with E-state index in [1.165, 1.54) is 0 Å². The van der Waals surface area contributed by atoms with Crippen molar-refractivity contribution in [3.63, 3.8) is 0 Å². The Morgan fingerprint density at radius 3 is 2.56 bits per heavy atom. The van der Waals surface area contributed by atoms with E-state index >= 15 is 0 Å². The van der Waals surface area contributed by atoms with E-state index in [0.717, 1.165) is 10.5 Å². The Morgan fingerprint density at radius 2 is 1.94 bits per heavy atom. The lowest BCUT2D eigenvalue weighted by Crippen LogP contribution is -2.58. The van der Waals surface area contributed by atoms with E-state index in [9.17, 15) is 9.59 Å². The first-order valence-electron chi connectivity index (χ1n) is 5.82. The second kappa shape index (κ2) is 4.61. The van der Waals surface area contributed by atoms with Gasteiger partial charge in [-0.1, -0.05) is 24.6 Å². The van der Waals surface area contributed by atoms with Crippen molar-refractivity contribution in [2.75, 3.05) is 4.90 Å². The highest BCUT2D eigenvalue weighted by molar-refractivity contribution is 6.32. The fourth-order valence-corrected chi connectivity index (χ4v) is 2.04. The van der Waals surface area contributed by atoms with Crippen molar-refractivity contribution in [1.29, 1.82) is 0 Å². The van der Waals surface area contributed by atoms with E-state index in [2.05, 4.69) is 5.32 Å². The standard InChI is InChI=1S/C13H15ClN2O2/c1-7-4-5-10(6-11(7)14)16-12(17)8(2)9(3)15-13(16)18/h4-6,8-9H,1-3H3,(H,15,18). The summed E-state index contributed by atoms with van der Waals surface area (Å²) in [6.07, 6.45) is 0. The first-order valence-corrected chi connectivity index (χ1v) is 6.20. The highest BCUT2D eigenvalue weighted by atomic mass is 35.5. The number of aryl methyl sites for hydroxylation is 1. The number of imide groups is 1. The van der Waals surface area contributed by atoms with Gasteiger partial charge < -0.3 is 5.32 Å². The van der Waals surface area contributed by atoms with Gasteiger partial charge in [-0.15, -0.1) is 0 Å². The topological polar surface area (TPSA) is 49.4 Å². The van der Waals surface area contributed by atoms with E-state index in [-0.39, 0.29) is 17.9 Å². The van der Waals surface area contributed by atoms with Gasteiger partial charge in [0.2, 0.25) is 5.91 Å². The first-order chi connectivity index (χ1) is 8.41. The van der Waals surface area contributed by atoms with Crippen LogP contribution in [0.2, 0.25) is 5.02 Å². The molecule has 2 atom stereocenters. The zero-order chi connectivity index (χ0) is 13.4. The van der Waals surface area contributed by atoms with Crippen LogP contribution in [-0.2, 0) is 4.79 Å². The van der Waals surface area contributed by atoms with Crippen molar-refractivity contribution in [2.24, 2.45) is 5.92 Å². The molecule has 1 heterocycles. The van der Waals surface area contributed by atoms with Crippen molar-refractivity contribution in [3.05, 3.63) is 28.8 Å². The van der Waals surface area contributed by atoms with Gasteiger partial charge in [0, 0.05) is 11.1 Å². The Labute approximate surface area is 111 Å². The van der Waals surface area contributed by atoms with Crippen LogP contribution in [0.4, 0.5) is 10.5 Å². The van der Waals surface area contributed by atoms with Crippen molar-refractivity contribution in [3.8, 4) is 0 Å². The maximum absolute atomic E-state index is 12.2. The average Bonchev–Trinajstić information content (AvgIpc) is 2.31. The summed E-state index contributed by atoms with van der Waals surface area (Å²) in [6.45, 7) is 5.49. The number of carbonyl (C=O) groups is 2. The number of hydrogen-bond donors (Lipinski definition) is 1.